The van der Waals surface area contributed by atoms with Crippen LogP contribution in [0.5, 0.6) is 0 Å². The molecule has 0 spiro atoms. The van der Waals surface area contributed by atoms with Crippen LogP contribution in [0.3, 0.4) is 0 Å². The maximum absolute atomic E-state index is 5.21. The zero-order valence-electron chi connectivity index (χ0n) is 23.6. The summed E-state index contributed by atoms with van der Waals surface area (Å²) in [6, 6.07) is 33.3. The highest BCUT2D eigenvalue weighted by molar-refractivity contribution is 6.14. The molecule has 0 saturated heterocycles. The van der Waals surface area contributed by atoms with Crippen LogP contribution in [0.2, 0.25) is 0 Å². The first-order chi connectivity index (χ1) is 20.8. The lowest BCUT2D eigenvalue weighted by Gasteiger charge is -2.28. The lowest BCUT2D eigenvalue weighted by Crippen LogP contribution is -2.07. The van der Waals surface area contributed by atoms with Crippen molar-refractivity contribution in [2.45, 2.75) is 32.1 Å². The fourth-order valence-corrected chi connectivity index (χ4v) is 7.56. The maximum Gasteiger partial charge on any atom is 0.146 e. The third-order valence-electron chi connectivity index (χ3n) is 9.39. The van der Waals surface area contributed by atoms with Gasteiger partial charge in [-0.05, 0) is 92.9 Å². The average Bonchev–Trinajstić information content (AvgIpc) is 3.44. The number of hydrogen-bond donors (Lipinski definition) is 0. The summed E-state index contributed by atoms with van der Waals surface area (Å²) in [5.41, 5.74) is 12.6. The van der Waals surface area contributed by atoms with E-state index >= 15 is 0 Å². The number of pyridine rings is 1. The van der Waals surface area contributed by atoms with Crippen LogP contribution in [0.4, 0.5) is 0 Å². The van der Waals surface area contributed by atoms with Gasteiger partial charge in [0, 0.05) is 10.8 Å². The lowest BCUT2D eigenvalue weighted by molar-refractivity contribution is 0.774. The molecule has 2 heterocycles. The summed E-state index contributed by atoms with van der Waals surface area (Å²) >= 11 is 0. The predicted octanol–water partition coefficient (Wildman–Crippen LogP) is 10.9. The molecule has 1 unspecified atom stereocenters. The Balaban J connectivity index is 1.41. The fourth-order valence-electron chi connectivity index (χ4n) is 7.56. The van der Waals surface area contributed by atoms with Crippen LogP contribution < -0.4 is 0 Å². The van der Waals surface area contributed by atoms with Gasteiger partial charge >= 0.3 is 0 Å². The monoisotopic (exact) mass is 538 g/mol. The molecule has 200 valence electrons. The quantitative estimate of drug-likeness (QED) is 0.200. The van der Waals surface area contributed by atoms with Gasteiger partial charge < -0.3 is 0 Å². The predicted molar refractivity (Wildman–Crippen MR) is 179 cm³/mol. The highest BCUT2D eigenvalue weighted by atomic mass is 15.0. The molecule has 1 atom stereocenters. The van der Waals surface area contributed by atoms with Crippen LogP contribution >= 0.6 is 0 Å². The van der Waals surface area contributed by atoms with E-state index in [1.165, 1.54) is 65.8 Å². The summed E-state index contributed by atoms with van der Waals surface area (Å²) < 4.78 is 2.38. The molecule has 0 radical (unpaired) electrons. The number of para-hydroxylation sites is 1. The molecule has 7 aromatic rings. The molecule has 2 aliphatic carbocycles. The fraction of sp³-hybridized carbons (Fsp3) is 0.125. The number of benzene rings is 5. The van der Waals surface area contributed by atoms with Crippen LogP contribution in [-0.2, 0) is 0 Å². The molecule has 0 saturated carbocycles. The van der Waals surface area contributed by atoms with Gasteiger partial charge in [-0.25, -0.2) is 4.98 Å². The second-order valence-electron chi connectivity index (χ2n) is 11.8. The lowest BCUT2D eigenvalue weighted by atomic mass is 9.76. The molecular formula is C40H30N2. The highest BCUT2D eigenvalue weighted by Gasteiger charge is 2.26. The van der Waals surface area contributed by atoms with E-state index in [1.807, 2.05) is 0 Å². The maximum atomic E-state index is 5.21. The standard InChI is InChI=1S/C40H30N2/c1-25-12-11-20-33-37(25)39(31-18-7-6-17-30(31)38(33)26-13-3-2-4-14-26)27-22-23-34-36(24-27)42-35-21-10-9-16-29(35)28-15-5-8-19-32(28)40(42)41-34/h3,5-11,13-25H,2,4,12H2,1H3. The van der Waals surface area contributed by atoms with Crippen molar-refractivity contribution in [3.05, 3.63) is 132 Å². The molecule has 0 amide bonds. The topological polar surface area (TPSA) is 17.3 Å². The number of hydrogen-bond acceptors (Lipinski definition) is 1. The summed E-state index contributed by atoms with van der Waals surface area (Å²) in [5.74, 6) is 0.430. The first-order valence-electron chi connectivity index (χ1n) is 15.1. The molecule has 9 rings (SSSR count). The van der Waals surface area contributed by atoms with Crippen molar-refractivity contribution in [1.29, 1.82) is 0 Å². The molecule has 2 nitrogen and oxygen atoms in total. The van der Waals surface area contributed by atoms with E-state index in [4.69, 9.17) is 4.98 Å². The molecule has 0 N–H and O–H groups in total. The minimum Gasteiger partial charge on any atom is -0.292 e. The SMILES string of the molecule is CC1CC=Cc2c1c(-c1ccc3nc4c5ccccc5c5ccccc5n4c3c1)c1ccccc1c2C1=CCCC=C1. The number of rotatable bonds is 2. The Bertz CT molecular complexity index is 2340. The van der Waals surface area contributed by atoms with Crippen molar-refractivity contribution >= 4 is 60.8 Å². The van der Waals surface area contributed by atoms with Gasteiger partial charge in [0.25, 0.3) is 0 Å². The zero-order valence-corrected chi connectivity index (χ0v) is 23.6. The number of nitrogens with zero attached hydrogens (tertiary/aromatic N) is 2. The van der Waals surface area contributed by atoms with E-state index in [2.05, 4.69) is 133 Å². The number of aromatic nitrogens is 2. The van der Waals surface area contributed by atoms with Gasteiger partial charge in [0.05, 0.1) is 16.6 Å². The second kappa shape index (κ2) is 9.03. The van der Waals surface area contributed by atoms with Crippen molar-refractivity contribution in [3.8, 4) is 11.1 Å². The Labute approximate surface area is 244 Å². The molecule has 2 heteroatoms. The van der Waals surface area contributed by atoms with Gasteiger partial charge in [0.15, 0.2) is 0 Å². The van der Waals surface area contributed by atoms with E-state index in [0.29, 0.717) is 5.92 Å². The summed E-state index contributed by atoms with van der Waals surface area (Å²) in [5, 5.41) is 6.35. The normalized spacial score (nSPS) is 16.6. The molecule has 2 aromatic heterocycles. The third-order valence-corrected chi connectivity index (χ3v) is 9.39. The largest absolute Gasteiger partial charge is 0.292 e. The molecule has 42 heavy (non-hydrogen) atoms. The molecule has 0 fully saturated rings. The van der Waals surface area contributed by atoms with Gasteiger partial charge in [-0.15, -0.1) is 0 Å². The minimum atomic E-state index is 0.430. The van der Waals surface area contributed by atoms with Crippen LogP contribution in [0.1, 0.15) is 48.8 Å². The van der Waals surface area contributed by atoms with Gasteiger partial charge in [0.1, 0.15) is 5.65 Å². The Hall–Kier alpha value is -4.95. The van der Waals surface area contributed by atoms with Gasteiger partial charge in [-0.1, -0.05) is 110 Å². The van der Waals surface area contributed by atoms with Gasteiger partial charge in [0.2, 0.25) is 0 Å². The first kappa shape index (κ1) is 23.7. The summed E-state index contributed by atoms with van der Waals surface area (Å²) in [4.78, 5) is 5.21. The van der Waals surface area contributed by atoms with Crippen LogP contribution in [-0.4, -0.2) is 9.38 Å². The smallest absolute Gasteiger partial charge is 0.146 e. The van der Waals surface area contributed by atoms with E-state index in [1.54, 1.807) is 0 Å². The molecular weight excluding hydrogens is 508 g/mol. The zero-order chi connectivity index (χ0) is 27.8. The van der Waals surface area contributed by atoms with Crippen molar-refractivity contribution < 1.29 is 0 Å². The minimum absolute atomic E-state index is 0.430. The summed E-state index contributed by atoms with van der Waals surface area (Å²) in [7, 11) is 0. The molecule has 0 aliphatic heterocycles. The molecule has 0 bridgehead atoms. The van der Waals surface area contributed by atoms with Gasteiger partial charge in [-0.2, -0.15) is 0 Å². The van der Waals surface area contributed by atoms with Crippen molar-refractivity contribution in [1.82, 2.24) is 9.38 Å². The Morgan fingerprint density at radius 1 is 0.667 bits per heavy atom. The van der Waals surface area contributed by atoms with E-state index in [9.17, 15) is 0 Å². The highest BCUT2D eigenvalue weighted by Crippen LogP contribution is 2.47. The molecule has 5 aromatic carbocycles. The second-order valence-corrected chi connectivity index (χ2v) is 11.8. The summed E-state index contributed by atoms with van der Waals surface area (Å²) in [6.45, 7) is 2.39. The Morgan fingerprint density at radius 2 is 1.40 bits per heavy atom. The van der Waals surface area contributed by atoms with Crippen molar-refractivity contribution in [2.75, 3.05) is 0 Å². The molecule has 2 aliphatic rings. The summed E-state index contributed by atoms with van der Waals surface area (Å²) in [6.07, 6.45) is 15.1. The first-order valence-corrected chi connectivity index (χ1v) is 15.1. The van der Waals surface area contributed by atoms with Gasteiger partial charge in [-0.3, -0.25) is 4.40 Å². The Morgan fingerprint density at radius 3 is 2.21 bits per heavy atom. The Kier molecular flexibility index (Phi) is 5.10. The average molecular weight is 539 g/mol. The number of allylic oxidation sites excluding steroid dienone is 5. The third kappa shape index (κ3) is 3.30. The van der Waals surface area contributed by atoms with E-state index in [0.717, 1.165) is 35.9 Å². The van der Waals surface area contributed by atoms with Crippen LogP contribution in [0, 0.1) is 0 Å². The number of imidazole rings is 1. The van der Waals surface area contributed by atoms with Crippen molar-refractivity contribution in [3.63, 3.8) is 0 Å². The van der Waals surface area contributed by atoms with Crippen LogP contribution in [0.25, 0.3) is 71.9 Å². The van der Waals surface area contributed by atoms with E-state index < -0.39 is 0 Å². The van der Waals surface area contributed by atoms with Crippen molar-refractivity contribution in [2.24, 2.45) is 0 Å². The van der Waals surface area contributed by atoms with Crippen LogP contribution in [0.15, 0.2) is 115 Å². The van der Waals surface area contributed by atoms with E-state index in [-0.39, 0.29) is 0 Å². The number of fused-ring (bicyclic) bond motifs is 10.